The van der Waals surface area contributed by atoms with Crippen LogP contribution in [0, 0.1) is 0 Å². The van der Waals surface area contributed by atoms with Gasteiger partial charge in [0.2, 0.25) is 0 Å². The number of anilines is 2. The third kappa shape index (κ3) is 2.88. The SMILES string of the molecule is CCN1CCC(N(C)c2ccc(N)cn2)CC1. The molecule has 17 heavy (non-hydrogen) atoms. The molecule has 0 saturated carbocycles. The van der Waals surface area contributed by atoms with Crippen LogP contribution in [-0.4, -0.2) is 42.6 Å². The van der Waals surface area contributed by atoms with Crippen molar-refractivity contribution < 1.29 is 0 Å². The molecule has 0 aliphatic carbocycles. The molecule has 1 aromatic rings. The predicted molar refractivity (Wildman–Crippen MR) is 72.2 cm³/mol. The van der Waals surface area contributed by atoms with Crippen LogP contribution in [0.4, 0.5) is 11.5 Å². The van der Waals surface area contributed by atoms with Crippen LogP contribution < -0.4 is 10.6 Å². The highest BCUT2D eigenvalue weighted by molar-refractivity contribution is 5.45. The normalized spacial score (nSPS) is 18.2. The van der Waals surface area contributed by atoms with Crippen LogP contribution in [0.3, 0.4) is 0 Å². The zero-order valence-electron chi connectivity index (χ0n) is 10.8. The van der Waals surface area contributed by atoms with Crippen molar-refractivity contribution in [3.05, 3.63) is 18.3 Å². The molecule has 0 amide bonds. The lowest BCUT2D eigenvalue weighted by Gasteiger charge is -2.36. The number of pyridine rings is 1. The molecule has 0 spiro atoms. The molecule has 94 valence electrons. The van der Waals surface area contributed by atoms with Crippen molar-refractivity contribution in [1.82, 2.24) is 9.88 Å². The summed E-state index contributed by atoms with van der Waals surface area (Å²) in [6.45, 7) is 5.78. The quantitative estimate of drug-likeness (QED) is 0.862. The molecule has 4 heteroatoms. The number of likely N-dealkylation sites (tertiary alicyclic amines) is 1. The fourth-order valence-electron chi connectivity index (χ4n) is 2.42. The number of hydrogen-bond acceptors (Lipinski definition) is 4. The van der Waals surface area contributed by atoms with Crippen molar-refractivity contribution in [2.24, 2.45) is 0 Å². The minimum Gasteiger partial charge on any atom is -0.397 e. The van der Waals surface area contributed by atoms with E-state index in [1.54, 1.807) is 6.20 Å². The Morgan fingerprint density at radius 2 is 2.12 bits per heavy atom. The molecule has 2 rings (SSSR count). The number of nitrogen functional groups attached to an aromatic ring is 1. The highest BCUT2D eigenvalue weighted by Crippen LogP contribution is 2.20. The van der Waals surface area contributed by atoms with Crippen LogP contribution in [0.2, 0.25) is 0 Å². The van der Waals surface area contributed by atoms with Gasteiger partial charge in [0.05, 0.1) is 11.9 Å². The van der Waals surface area contributed by atoms with Crippen molar-refractivity contribution in [3.63, 3.8) is 0 Å². The first-order chi connectivity index (χ1) is 8.20. The summed E-state index contributed by atoms with van der Waals surface area (Å²) in [5.74, 6) is 1.02. The van der Waals surface area contributed by atoms with E-state index in [1.165, 1.54) is 25.9 Å². The monoisotopic (exact) mass is 234 g/mol. The van der Waals surface area contributed by atoms with Crippen LogP contribution in [0.5, 0.6) is 0 Å². The van der Waals surface area contributed by atoms with Crippen molar-refractivity contribution in [3.8, 4) is 0 Å². The van der Waals surface area contributed by atoms with Gasteiger partial charge in [0, 0.05) is 26.2 Å². The Balaban J connectivity index is 1.96. The first kappa shape index (κ1) is 12.2. The summed E-state index contributed by atoms with van der Waals surface area (Å²) in [6.07, 6.45) is 4.17. The van der Waals surface area contributed by atoms with Crippen molar-refractivity contribution in [2.45, 2.75) is 25.8 Å². The maximum atomic E-state index is 5.65. The summed E-state index contributed by atoms with van der Waals surface area (Å²) in [4.78, 5) is 9.16. The van der Waals surface area contributed by atoms with E-state index < -0.39 is 0 Å². The van der Waals surface area contributed by atoms with E-state index >= 15 is 0 Å². The summed E-state index contributed by atoms with van der Waals surface area (Å²) in [6, 6.07) is 4.52. The van der Waals surface area contributed by atoms with Crippen LogP contribution in [-0.2, 0) is 0 Å². The number of hydrogen-bond donors (Lipinski definition) is 1. The minimum atomic E-state index is 0.605. The van der Waals surface area contributed by atoms with Crippen LogP contribution in [0.25, 0.3) is 0 Å². The molecule has 4 nitrogen and oxygen atoms in total. The molecule has 1 aromatic heterocycles. The van der Waals surface area contributed by atoms with Gasteiger partial charge in [0.15, 0.2) is 0 Å². The van der Waals surface area contributed by atoms with Gasteiger partial charge in [-0.25, -0.2) is 4.98 Å². The highest BCUT2D eigenvalue weighted by atomic mass is 15.2. The average Bonchev–Trinajstić information content (AvgIpc) is 2.39. The Kier molecular flexibility index (Phi) is 3.84. The van der Waals surface area contributed by atoms with Gasteiger partial charge in [0.25, 0.3) is 0 Å². The number of nitrogens with zero attached hydrogens (tertiary/aromatic N) is 3. The molecular weight excluding hydrogens is 212 g/mol. The highest BCUT2D eigenvalue weighted by Gasteiger charge is 2.22. The molecule has 0 aromatic carbocycles. The maximum absolute atomic E-state index is 5.65. The fourth-order valence-corrected chi connectivity index (χ4v) is 2.42. The smallest absolute Gasteiger partial charge is 0.128 e. The number of piperidine rings is 1. The molecule has 1 saturated heterocycles. The zero-order chi connectivity index (χ0) is 12.3. The van der Waals surface area contributed by atoms with Gasteiger partial charge in [-0.15, -0.1) is 0 Å². The summed E-state index contributed by atoms with van der Waals surface area (Å²) in [5, 5.41) is 0. The second-order valence-corrected chi connectivity index (χ2v) is 4.73. The van der Waals surface area contributed by atoms with Crippen molar-refractivity contribution >= 4 is 11.5 Å². The lowest BCUT2D eigenvalue weighted by atomic mass is 10.0. The molecular formula is C13H22N4. The van der Waals surface area contributed by atoms with E-state index in [4.69, 9.17) is 5.73 Å². The first-order valence-corrected chi connectivity index (χ1v) is 6.37. The number of nitrogens with two attached hydrogens (primary N) is 1. The van der Waals surface area contributed by atoms with Crippen molar-refractivity contribution in [2.75, 3.05) is 37.3 Å². The Labute approximate surface area is 103 Å². The molecule has 1 aliphatic heterocycles. The molecule has 0 atom stereocenters. The fraction of sp³-hybridized carbons (Fsp3) is 0.615. The van der Waals surface area contributed by atoms with Gasteiger partial charge in [-0.1, -0.05) is 6.92 Å². The average molecular weight is 234 g/mol. The molecule has 2 N–H and O–H groups in total. The van der Waals surface area contributed by atoms with Gasteiger partial charge in [0.1, 0.15) is 5.82 Å². The Morgan fingerprint density at radius 3 is 2.65 bits per heavy atom. The van der Waals surface area contributed by atoms with E-state index in [1.807, 2.05) is 12.1 Å². The van der Waals surface area contributed by atoms with Gasteiger partial charge in [-0.3, -0.25) is 0 Å². The third-order valence-corrected chi connectivity index (χ3v) is 3.68. The molecule has 0 radical (unpaired) electrons. The first-order valence-electron chi connectivity index (χ1n) is 6.37. The molecule has 0 bridgehead atoms. The maximum Gasteiger partial charge on any atom is 0.128 e. The number of aromatic nitrogens is 1. The standard InChI is InChI=1S/C13H22N4/c1-3-17-8-6-12(7-9-17)16(2)13-5-4-11(14)10-15-13/h4-5,10,12H,3,6-9,14H2,1-2H3. The summed E-state index contributed by atoms with van der Waals surface area (Å²) in [7, 11) is 2.13. The zero-order valence-corrected chi connectivity index (χ0v) is 10.8. The summed E-state index contributed by atoms with van der Waals surface area (Å²) >= 11 is 0. The van der Waals surface area contributed by atoms with Gasteiger partial charge in [-0.2, -0.15) is 0 Å². The third-order valence-electron chi connectivity index (χ3n) is 3.68. The predicted octanol–water partition coefficient (Wildman–Crippen LogP) is 1.58. The van der Waals surface area contributed by atoms with Gasteiger partial charge < -0.3 is 15.5 Å². The van der Waals surface area contributed by atoms with E-state index in [2.05, 4.69) is 28.8 Å². The topological polar surface area (TPSA) is 45.4 Å². The van der Waals surface area contributed by atoms with E-state index in [9.17, 15) is 0 Å². The second-order valence-electron chi connectivity index (χ2n) is 4.73. The molecule has 1 aliphatic rings. The van der Waals surface area contributed by atoms with Crippen molar-refractivity contribution in [1.29, 1.82) is 0 Å². The van der Waals surface area contributed by atoms with E-state index in [0.29, 0.717) is 6.04 Å². The Bertz CT molecular complexity index is 341. The van der Waals surface area contributed by atoms with Gasteiger partial charge in [-0.05, 0) is 31.5 Å². The largest absolute Gasteiger partial charge is 0.397 e. The van der Waals surface area contributed by atoms with Gasteiger partial charge >= 0.3 is 0 Å². The lowest BCUT2D eigenvalue weighted by molar-refractivity contribution is 0.220. The van der Waals surface area contributed by atoms with Crippen LogP contribution in [0.1, 0.15) is 19.8 Å². The number of rotatable bonds is 3. The summed E-state index contributed by atoms with van der Waals surface area (Å²) in [5.41, 5.74) is 6.38. The lowest BCUT2D eigenvalue weighted by Crippen LogP contribution is -2.43. The van der Waals surface area contributed by atoms with E-state index in [-0.39, 0.29) is 0 Å². The molecule has 2 heterocycles. The molecule has 1 fully saturated rings. The Hall–Kier alpha value is -1.29. The summed E-state index contributed by atoms with van der Waals surface area (Å²) < 4.78 is 0. The van der Waals surface area contributed by atoms with E-state index in [0.717, 1.165) is 18.1 Å². The molecule has 0 unspecified atom stereocenters. The Morgan fingerprint density at radius 1 is 1.41 bits per heavy atom. The minimum absolute atomic E-state index is 0.605. The van der Waals surface area contributed by atoms with Crippen LogP contribution >= 0.6 is 0 Å². The van der Waals surface area contributed by atoms with Crippen LogP contribution in [0.15, 0.2) is 18.3 Å². The second kappa shape index (κ2) is 5.36.